The molecule has 0 bridgehead atoms. The molecule has 1 aromatic carbocycles. The maximum atomic E-state index is 12.4. The minimum Gasteiger partial charge on any atom is -0.285 e. The van der Waals surface area contributed by atoms with Crippen LogP contribution in [0.2, 0.25) is 10.0 Å². The lowest BCUT2D eigenvalue weighted by molar-refractivity contribution is 0.567. The van der Waals surface area contributed by atoms with Crippen LogP contribution in [0.1, 0.15) is 18.5 Å². The number of aromatic amines is 1. The molecule has 1 atom stereocenters. The van der Waals surface area contributed by atoms with Gasteiger partial charge in [-0.15, -0.1) is 0 Å². The quantitative estimate of drug-likeness (QED) is 0.827. The summed E-state index contributed by atoms with van der Waals surface area (Å²) in [4.78, 5) is -0.139. The summed E-state index contributed by atoms with van der Waals surface area (Å²) in [7, 11) is -3.84. The van der Waals surface area contributed by atoms with Gasteiger partial charge in [-0.1, -0.05) is 39.1 Å². The molecule has 1 heterocycles. The predicted molar refractivity (Wildman–Crippen MR) is 81.5 cm³/mol. The number of hydrogen-bond donors (Lipinski definition) is 2. The largest absolute Gasteiger partial charge is 0.285 e. The Labute approximate surface area is 134 Å². The fraction of sp³-hybridized carbons (Fsp3) is 0.182. The smallest absolute Gasteiger partial charge is 0.244 e. The van der Waals surface area contributed by atoms with Crippen molar-refractivity contribution in [2.24, 2.45) is 0 Å². The second-order valence-electron chi connectivity index (χ2n) is 4.07. The van der Waals surface area contributed by atoms with Gasteiger partial charge in [-0.05, 0) is 19.1 Å². The van der Waals surface area contributed by atoms with Gasteiger partial charge in [-0.3, -0.25) is 5.10 Å². The Morgan fingerprint density at radius 1 is 1.35 bits per heavy atom. The fourth-order valence-corrected chi connectivity index (χ4v) is 4.81. The van der Waals surface area contributed by atoms with E-state index in [0.29, 0.717) is 10.0 Å². The lowest BCUT2D eigenvalue weighted by atomic mass is 10.2. The molecular weight excluding hydrogens is 389 g/mol. The summed E-state index contributed by atoms with van der Waals surface area (Å²) < 4.78 is 27.8. The van der Waals surface area contributed by atoms with Crippen LogP contribution in [0.5, 0.6) is 0 Å². The number of sulfonamides is 1. The van der Waals surface area contributed by atoms with Crippen LogP contribution >= 0.6 is 39.1 Å². The van der Waals surface area contributed by atoms with Gasteiger partial charge in [-0.25, -0.2) is 13.1 Å². The van der Waals surface area contributed by atoms with Crippen LogP contribution in [0.4, 0.5) is 0 Å². The Morgan fingerprint density at radius 3 is 2.45 bits per heavy atom. The second-order valence-corrected chi connectivity index (χ2v) is 7.45. The highest BCUT2D eigenvalue weighted by atomic mass is 79.9. The first-order valence-corrected chi connectivity index (χ1v) is 8.50. The normalized spacial score (nSPS) is 13.4. The van der Waals surface area contributed by atoms with E-state index in [2.05, 4.69) is 30.8 Å². The zero-order valence-electron chi connectivity index (χ0n) is 10.2. The Hall–Kier alpha value is -0.600. The SMILES string of the molecule is CC(NS(=O)(=O)c1c(Cl)cc(Br)cc1Cl)c1cn[nH]c1. The van der Waals surface area contributed by atoms with Crippen molar-refractivity contribution in [1.29, 1.82) is 0 Å². The van der Waals surface area contributed by atoms with Crippen LogP contribution < -0.4 is 4.72 Å². The first kappa shape index (κ1) is 15.8. The summed E-state index contributed by atoms with van der Waals surface area (Å²) in [5, 5.41) is 6.50. The highest BCUT2D eigenvalue weighted by Crippen LogP contribution is 2.33. The molecule has 108 valence electrons. The van der Waals surface area contributed by atoms with E-state index in [1.807, 2.05) is 0 Å². The van der Waals surface area contributed by atoms with Gasteiger partial charge < -0.3 is 0 Å². The summed E-state index contributed by atoms with van der Waals surface area (Å²) in [6, 6.07) is 2.49. The van der Waals surface area contributed by atoms with E-state index in [-0.39, 0.29) is 14.9 Å². The molecule has 0 spiro atoms. The molecule has 0 aliphatic rings. The molecule has 0 saturated heterocycles. The van der Waals surface area contributed by atoms with Crippen molar-refractivity contribution in [1.82, 2.24) is 14.9 Å². The number of halogens is 3. The van der Waals surface area contributed by atoms with Crippen LogP contribution in [0.15, 0.2) is 33.9 Å². The van der Waals surface area contributed by atoms with Crippen molar-refractivity contribution in [2.45, 2.75) is 17.9 Å². The molecule has 20 heavy (non-hydrogen) atoms. The van der Waals surface area contributed by atoms with Crippen molar-refractivity contribution < 1.29 is 8.42 Å². The molecule has 0 saturated carbocycles. The monoisotopic (exact) mass is 397 g/mol. The van der Waals surface area contributed by atoms with Gasteiger partial charge in [0.25, 0.3) is 0 Å². The molecule has 0 radical (unpaired) electrons. The first-order chi connectivity index (χ1) is 9.31. The predicted octanol–water partition coefficient (Wildman–Crippen LogP) is 3.52. The third kappa shape index (κ3) is 3.35. The summed E-state index contributed by atoms with van der Waals surface area (Å²) >= 11 is 15.2. The number of rotatable bonds is 4. The van der Waals surface area contributed by atoms with E-state index in [4.69, 9.17) is 23.2 Å². The average Bonchev–Trinajstić information content (AvgIpc) is 2.78. The van der Waals surface area contributed by atoms with Crippen LogP contribution in [-0.4, -0.2) is 18.6 Å². The molecule has 2 N–H and O–H groups in total. The summed E-state index contributed by atoms with van der Waals surface area (Å²) in [5.41, 5.74) is 0.706. The van der Waals surface area contributed by atoms with Crippen molar-refractivity contribution in [2.75, 3.05) is 0 Å². The number of benzene rings is 1. The third-order valence-electron chi connectivity index (χ3n) is 2.58. The van der Waals surface area contributed by atoms with Gasteiger partial charge in [0.05, 0.1) is 16.2 Å². The summed E-state index contributed by atoms with van der Waals surface area (Å²) in [6.07, 6.45) is 3.15. The molecule has 1 unspecified atom stereocenters. The molecule has 9 heteroatoms. The van der Waals surface area contributed by atoms with Gasteiger partial charge in [0.1, 0.15) is 4.90 Å². The molecule has 0 amide bonds. The molecule has 5 nitrogen and oxygen atoms in total. The standard InChI is InChI=1S/C11H10BrCl2N3O2S/c1-6(7-4-15-16-5-7)17-20(18,19)11-9(13)2-8(12)3-10(11)14/h2-6,17H,1H3,(H,15,16). The Kier molecular flexibility index (Phi) is 4.76. The van der Waals surface area contributed by atoms with Crippen molar-refractivity contribution in [3.63, 3.8) is 0 Å². The van der Waals surface area contributed by atoms with Gasteiger partial charge in [0.2, 0.25) is 10.0 Å². The van der Waals surface area contributed by atoms with Crippen LogP contribution in [0, 0.1) is 0 Å². The number of nitrogens with one attached hydrogen (secondary N) is 2. The van der Waals surface area contributed by atoms with Crippen molar-refractivity contribution in [3.05, 3.63) is 44.6 Å². The third-order valence-corrected chi connectivity index (χ3v) is 5.50. The van der Waals surface area contributed by atoms with Crippen LogP contribution in [-0.2, 0) is 10.0 Å². The van der Waals surface area contributed by atoms with E-state index in [1.165, 1.54) is 18.3 Å². The second kappa shape index (κ2) is 6.03. The fourth-order valence-electron chi connectivity index (χ4n) is 1.64. The van der Waals surface area contributed by atoms with E-state index < -0.39 is 16.1 Å². The molecule has 0 aliphatic heterocycles. The van der Waals surface area contributed by atoms with Crippen molar-refractivity contribution >= 4 is 49.2 Å². The maximum Gasteiger partial charge on any atom is 0.244 e. The highest BCUT2D eigenvalue weighted by molar-refractivity contribution is 9.10. The first-order valence-electron chi connectivity index (χ1n) is 5.47. The zero-order chi connectivity index (χ0) is 14.9. The minimum absolute atomic E-state index is 0.0521. The zero-order valence-corrected chi connectivity index (χ0v) is 14.1. The van der Waals surface area contributed by atoms with Gasteiger partial charge in [-0.2, -0.15) is 5.10 Å². The Morgan fingerprint density at radius 2 is 1.95 bits per heavy atom. The molecule has 1 aromatic heterocycles. The van der Waals surface area contributed by atoms with E-state index >= 15 is 0 Å². The lowest BCUT2D eigenvalue weighted by Gasteiger charge is -2.14. The highest BCUT2D eigenvalue weighted by Gasteiger charge is 2.25. The summed E-state index contributed by atoms with van der Waals surface area (Å²) in [5.74, 6) is 0. The van der Waals surface area contributed by atoms with Gasteiger partial charge in [0.15, 0.2) is 0 Å². The van der Waals surface area contributed by atoms with Crippen LogP contribution in [0.3, 0.4) is 0 Å². The average molecular weight is 399 g/mol. The lowest BCUT2D eigenvalue weighted by Crippen LogP contribution is -2.27. The maximum absolute atomic E-state index is 12.4. The van der Waals surface area contributed by atoms with E-state index in [9.17, 15) is 8.42 Å². The Bertz CT molecular complexity index is 696. The van der Waals surface area contributed by atoms with Crippen LogP contribution in [0.25, 0.3) is 0 Å². The van der Waals surface area contributed by atoms with E-state index in [0.717, 1.165) is 0 Å². The number of nitrogens with zero attached hydrogens (tertiary/aromatic N) is 1. The minimum atomic E-state index is -3.84. The molecule has 0 aliphatic carbocycles. The summed E-state index contributed by atoms with van der Waals surface area (Å²) in [6.45, 7) is 1.70. The molecular formula is C11H10BrCl2N3O2S. The molecule has 2 aromatic rings. The van der Waals surface area contributed by atoms with Crippen molar-refractivity contribution in [3.8, 4) is 0 Å². The molecule has 0 fully saturated rings. The topological polar surface area (TPSA) is 74.8 Å². The Balaban J connectivity index is 2.37. The number of aromatic nitrogens is 2. The van der Waals surface area contributed by atoms with E-state index in [1.54, 1.807) is 13.1 Å². The number of H-pyrrole nitrogens is 1. The molecule has 2 rings (SSSR count). The van der Waals surface area contributed by atoms with Gasteiger partial charge >= 0.3 is 0 Å². The van der Waals surface area contributed by atoms with Gasteiger partial charge in [0, 0.05) is 22.3 Å². The number of hydrogen-bond acceptors (Lipinski definition) is 3.